The Morgan fingerprint density at radius 2 is 2.28 bits per heavy atom. The van der Waals surface area contributed by atoms with E-state index in [9.17, 15) is 5.11 Å². The summed E-state index contributed by atoms with van der Waals surface area (Å²) in [5.41, 5.74) is 1.06. The Bertz CT molecular complexity index is 410. The highest BCUT2D eigenvalue weighted by Gasteiger charge is 2.32. The highest BCUT2D eigenvalue weighted by atomic mass is 16.3. The molecule has 2 heterocycles. The standard InChI is InChI=1S/C13H22N4O/c1-4-14-12-10(3)13(16-8-15-12)17-6-5-9(2)11(17)7-18/h8-9,11,18H,4-7H2,1-3H3,(H,14,15,16). The lowest BCUT2D eigenvalue weighted by Gasteiger charge is -2.27. The van der Waals surface area contributed by atoms with Gasteiger partial charge in [0.25, 0.3) is 0 Å². The van der Waals surface area contributed by atoms with Crippen molar-refractivity contribution in [3.63, 3.8) is 0 Å². The van der Waals surface area contributed by atoms with Crippen LogP contribution < -0.4 is 10.2 Å². The minimum atomic E-state index is 0.174. The van der Waals surface area contributed by atoms with Crippen LogP contribution in [0.15, 0.2) is 6.33 Å². The van der Waals surface area contributed by atoms with E-state index < -0.39 is 0 Å². The molecule has 2 unspecified atom stereocenters. The summed E-state index contributed by atoms with van der Waals surface area (Å²) in [4.78, 5) is 10.9. The van der Waals surface area contributed by atoms with Crippen LogP contribution in [0.4, 0.5) is 11.6 Å². The van der Waals surface area contributed by atoms with Crippen LogP contribution >= 0.6 is 0 Å². The molecule has 1 fully saturated rings. The molecule has 2 atom stereocenters. The molecule has 0 aromatic carbocycles. The number of aliphatic hydroxyl groups excluding tert-OH is 1. The van der Waals surface area contributed by atoms with E-state index in [1.54, 1.807) is 6.33 Å². The molecule has 1 aliphatic heterocycles. The zero-order valence-electron chi connectivity index (χ0n) is 11.3. The van der Waals surface area contributed by atoms with E-state index in [4.69, 9.17) is 0 Å². The molecule has 1 aromatic heterocycles. The van der Waals surface area contributed by atoms with Gasteiger partial charge in [0.15, 0.2) is 0 Å². The molecule has 0 spiro atoms. The van der Waals surface area contributed by atoms with Crippen LogP contribution in [-0.2, 0) is 0 Å². The second-order valence-corrected chi connectivity index (χ2v) is 4.91. The van der Waals surface area contributed by atoms with E-state index in [1.807, 2.05) is 6.92 Å². The average Bonchev–Trinajstić information content (AvgIpc) is 2.73. The average molecular weight is 250 g/mol. The van der Waals surface area contributed by atoms with E-state index in [-0.39, 0.29) is 12.6 Å². The van der Waals surface area contributed by atoms with Crippen molar-refractivity contribution >= 4 is 11.6 Å². The van der Waals surface area contributed by atoms with Gasteiger partial charge in [0, 0.05) is 18.7 Å². The van der Waals surface area contributed by atoms with Crippen molar-refractivity contribution < 1.29 is 5.11 Å². The molecule has 2 rings (SSSR count). The van der Waals surface area contributed by atoms with Crippen LogP contribution in [-0.4, -0.2) is 40.8 Å². The molecule has 1 aliphatic rings. The first-order chi connectivity index (χ1) is 8.69. The molecule has 0 radical (unpaired) electrons. The molecule has 0 saturated carbocycles. The number of aromatic nitrogens is 2. The molecule has 0 aliphatic carbocycles. The number of rotatable bonds is 4. The van der Waals surface area contributed by atoms with Gasteiger partial charge in [0.05, 0.1) is 12.6 Å². The molecule has 2 N–H and O–H groups in total. The number of nitrogens with one attached hydrogen (secondary N) is 1. The Kier molecular flexibility index (Phi) is 4.01. The van der Waals surface area contributed by atoms with Crippen LogP contribution in [0.25, 0.3) is 0 Å². The predicted octanol–water partition coefficient (Wildman–Crippen LogP) is 1.42. The summed E-state index contributed by atoms with van der Waals surface area (Å²) < 4.78 is 0. The van der Waals surface area contributed by atoms with E-state index in [1.165, 1.54) is 0 Å². The second-order valence-electron chi connectivity index (χ2n) is 4.91. The zero-order chi connectivity index (χ0) is 13.1. The SMILES string of the molecule is CCNc1ncnc(N2CCC(C)C2CO)c1C. The Hall–Kier alpha value is -1.36. The molecule has 1 aromatic rings. The van der Waals surface area contributed by atoms with Gasteiger partial charge in [0.1, 0.15) is 18.0 Å². The highest BCUT2D eigenvalue weighted by Crippen LogP contribution is 2.31. The first kappa shape index (κ1) is 13.1. The maximum absolute atomic E-state index is 9.53. The van der Waals surface area contributed by atoms with Gasteiger partial charge < -0.3 is 15.3 Å². The lowest BCUT2D eigenvalue weighted by molar-refractivity contribution is 0.244. The minimum absolute atomic E-state index is 0.174. The van der Waals surface area contributed by atoms with Gasteiger partial charge >= 0.3 is 0 Å². The van der Waals surface area contributed by atoms with Crippen LogP contribution in [0, 0.1) is 12.8 Å². The number of aliphatic hydroxyl groups is 1. The zero-order valence-corrected chi connectivity index (χ0v) is 11.3. The van der Waals surface area contributed by atoms with Crippen molar-refractivity contribution in [2.45, 2.75) is 33.2 Å². The lowest BCUT2D eigenvalue weighted by Crippen LogP contribution is -2.36. The molecular weight excluding hydrogens is 228 g/mol. The third kappa shape index (κ3) is 2.27. The summed E-state index contributed by atoms with van der Waals surface area (Å²) in [6, 6.07) is 0.174. The summed E-state index contributed by atoms with van der Waals surface area (Å²) >= 11 is 0. The minimum Gasteiger partial charge on any atom is -0.394 e. The van der Waals surface area contributed by atoms with Crippen molar-refractivity contribution in [2.75, 3.05) is 29.9 Å². The third-order valence-corrected chi connectivity index (χ3v) is 3.74. The number of nitrogens with zero attached hydrogens (tertiary/aromatic N) is 3. The maximum Gasteiger partial charge on any atom is 0.137 e. The number of hydrogen-bond donors (Lipinski definition) is 2. The molecule has 5 heteroatoms. The third-order valence-electron chi connectivity index (χ3n) is 3.74. The van der Waals surface area contributed by atoms with E-state index in [0.29, 0.717) is 5.92 Å². The van der Waals surface area contributed by atoms with Crippen molar-refractivity contribution in [3.8, 4) is 0 Å². The molecule has 0 bridgehead atoms. The fourth-order valence-corrected chi connectivity index (χ4v) is 2.63. The van der Waals surface area contributed by atoms with Crippen molar-refractivity contribution in [1.82, 2.24) is 9.97 Å². The Morgan fingerprint density at radius 1 is 1.50 bits per heavy atom. The first-order valence-electron chi connectivity index (χ1n) is 6.62. The molecule has 1 saturated heterocycles. The van der Waals surface area contributed by atoms with E-state index in [2.05, 4.69) is 34.0 Å². The maximum atomic E-state index is 9.53. The van der Waals surface area contributed by atoms with Gasteiger partial charge in [-0.3, -0.25) is 0 Å². The van der Waals surface area contributed by atoms with Crippen LogP contribution in [0.2, 0.25) is 0 Å². The van der Waals surface area contributed by atoms with E-state index in [0.717, 1.165) is 36.7 Å². The molecule has 18 heavy (non-hydrogen) atoms. The predicted molar refractivity (Wildman–Crippen MR) is 72.9 cm³/mol. The van der Waals surface area contributed by atoms with Crippen molar-refractivity contribution in [3.05, 3.63) is 11.9 Å². The molecule has 100 valence electrons. The molecular formula is C13H22N4O. The number of hydrogen-bond acceptors (Lipinski definition) is 5. The Morgan fingerprint density at radius 3 is 2.94 bits per heavy atom. The fourth-order valence-electron chi connectivity index (χ4n) is 2.63. The van der Waals surface area contributed by atoms with E-state index >= 15 is 0 Å². The van der Waals surface area contributed by atoms with Gasteiger partial charge in [-0.25, -0.2) is 9.97 Å². The van der Waals surface area contributed by atoms with Crippen LogP contribution in [0.1, 0.15) is 25.8 Å². The largest absolute Gasteiger partial charge is 0.394 e. The summed E-state index contributed by atoms with van der Waals surface area (Å²) in [7, 11) is 0. The summed E-state index contributed by atoms with van der Waals surface area (Å²) in [6.45, 7) is 8.25. The highest BCUT2D eigenvalue weighted by molar-refractivity contribution is 5.58. The van der Waals surface area contributed by atoms with Gasteiger partial charge in [-0.1, -0.05) is 6.92 Å². The molecule has 5 nitrogen and oxygen atoms in total. The van der Waals surface area contributed by atoms with Crippen molar-refractivity contribution in [1.29, 1.82) is 0 Å². The number of anilines is 2. The lowest BCUT2D eigenvalue weighted by atomic mass is 10.0. The smallest absolute Gasteiger partial charge is 0.137 e. The molecule has 0 amide bonds. The summed E-state index contributed by atoms with van der Waals surface area (Å²) in [5.74, 6) is 2.34. The quantitative estimate of drug-likeness (QED) is 0.846. The normalized spacial score (nSPS) is 23.4. The van der Waals surface area contributed by atoms with Crippen LogP contribution in [0.5, 0.6) is 0 Å². The fraction of sp³-hybridized carbons (Fsp3) is 0.692. The summed E-state index contributed by atoms with van der Waals surface area (Å²) in [5, 5.41) is 12.8. The second kappa shape index (κ2) is 5.52. The van der Waals surface area contributed by atoms with Gasteiger partial charge in [0.2, 0.25) is 0 Å². The Balaban J connectivity index is 2.30. The van der Waals surface area contributed by atoms with Crippen molar-refractivity contribution in [2.24, 2.45) is 5.92 Å². The van der Waals surface area contributed by atoms with Gasteiger partial charge in [-0.15, -0.1) is 0 Å². The van der Waals surface area contributed by atoms with Gasteiger partial charge in [-0.05, 0) is 26.2 Å². The monoisotopic (exact) mass is 250 g/mol. The summed E-state index contributed by atoms with van der Waals surface area (Å²) in [6.07, 6.45) is 2.70. The topological polar surface area (TPSA) is 61.3 Å². The Labute approximate surface area is 108 Å². The van der Waals surface area contributed by atoms with Gasteiger partial charge in [-0.2, -0.15) is 0 Å². The van der Waals surface area contributed by atoms with Crippen LogP contribution in [0.3, 0.4) is 0 Å². The first-order valence-corrected chi connectivity index (χ1v) is 6.62.